The number of ether oxygens (including phenoxy) is 2. The highest BCUT2D eigenvalue weighted by molar-refractivity contribution is 9.10. The second-order valence-corrected chi connectivity index (χ2v) is 4.22. The second kappa shape index (κ2) is 5.23. The molecule has 1 heterocycles. The molecule has 0 aliphatic carbocycles. The molecular formula is C12H13BrN2O2. The van der Waals surface area contributed by atoms with E-state index in [1.807, 2.05) is 28.9 Å². The van der Waals surface area contributed by atoms with Gasteiger partial charge in [-0.15, -0.1) is 0 Å². The maximum absolute atomic E-state index is 5.30. The first kappa shape index (κ1) is 12.0. The van der Waals surface area contributed by atoms with Crippen molar-refractivity contribution in [3.8, 4) is 11.5 Å². The van der Waals surface area contributed by atoms with E-state index < -0.39 is 0 Å². The molecule has 0 radical (unpaired) electrons. The molecule has 4 nitrogen and oxygen atoms in total. The van der Waals surface area contributed by atoms with Crippen molar-refractivity contribution < 1.29 is 9.47 Å². The van der Waals surface area contributed by atoms with Crippen molar-refractivity contribution >= 4 is 15.9 Å². The van der Waals surface area contributed by atoms with Gasteiger partial charge in [0.2, 0.25) is 0 Å². The van der Waals surface area contributed by atoms with Crippen molar-refractivity contribution in [3.05, 3.63) is 40.6 Å². The van der Waals surface area contributed by atoms with Crippen molar-refractivity contribution in [2.75, 3.05) is 14.2 Å². The summed E-state index contributed by atoms with van der Waals surface area (Å²) in [5, 5.41) is 4.25. The Morgan fingerprint density at radius 1 is 1.18 bits per heavy atom. The smallest absolute Gasteiger partial charge is 0.171 e. The Morgan fingerprint density at radius 2 is 1.88 bits per heavy atom. The summed E-state index contributed by atoms with van der Waals surface area (Å²) in [6.45, 7) is 0.633. The van der Waals surface area contributed by atoms with Crippen LogP contribution in [0.3, 0.4) is 0 Å². The summed E-state index contributed by atoms with van der Waals surface area (Å²) in [4.78, 5) is 0. The van der Waals surface area contributed by atoms with E-state index >= 15 is 0 Å². The molecule has 0 spiro atoms. The minimum absolute atomic E-state index is 0.633. The third-order valence-electron chi connectivity index (χ3n) is 2.48. The van der Waals surface area contributed by atoms with Crippen molar-refractivity contribution in [1.29, 1.82) is 0 Å². The molecule has 0 amide bonds. The molecule has 0 aliphatic rings. The fourth-order valence-electron chi connectivity index (χ4n) is 1.60. The highest BCUT2D eigenvalue weighted by atomic mass is 79.9. The van der Waals surface area contributed by atoms with E-state index in [9.17, 15) is 0 Å². The molecule has 2 rings (SSSR count). The normalized spacial score (nSPS) is 10.3. The predicted molar refractivity (Wildman–Crippen MR) is 68.6 cm³/mol. The van der Waals surface area contributed by atoms with E-state index in [0.717, 1.165) is 21.7 Å². The van der Waals surface area contributed by atoms with Gasteiger partial charge in [-0.3, -0.25) is 0 Å². The lowest BCUT2D eigenvalue weighted by atomic mass is 10.2. The van der Waals surface area contributed by atoms with E-state index in [0.29, 0.717) is 6.54 Å². The highest BCUT2D eigenvalue weighted by Crippen LogP contribution is 2.26. The fourth-order valence-corrected chi connectivity index (χ4v) is 2.08. The van der Waals surface area contributed by atoms with Gasteiger partial charge in [0.15, 0.2) is 5.75 Å². The monoisotopic (exact) mass is 296 g/mol. The fraction of sp³-hybridized carbons (Fsp3) is 0.250. The maximum atomic E-state index is 5.30. The third-order valence-corrected chi connectivity index (χ3v) is 3.28. The number of nitrogens with zero attached hydrogens (tertiary/aromatic N) is 2. The molecule has 1 aromatic carbocycles. The van der Waals surface area contributed by atoms with E-state index in [-0.39, 0.29) is 0 Å². The molecule has 0 bridgehead atoms. The number of halogens is 1. The van der Waals surface area contributed by atoms with Crippen molar-refractivity contribution in [1.82, 2.24) is 9.78 Å². The standard InChI is InChI=1S/C12H13BrN2O2/c1-16-10-6-4-3-5-9(10)8-15-12(13)11(17-2)7-14-15/h3-7H,8H2,1-2H3. The van der Waals surface area contributed by atoms with Crippen molar-refractivity contribution in [3.63, 3.8) is 0 Å². The van der Waals surface area contributed by atoms with Gasteiger partial charge in [0.25, 0.3) is 0 Å². The van der Waals surface area contributed by atoms with Crippen molar-refractivity contribution in [2.24, 2.45) is 0 Å². The Kier molecular flexibility index (Phi) is 3.68. The van der Waals surface area contributed by atoms with E-state index in [4.69, 9.17) is 9.47 Å². The van der Waals surface area contributed by atoms with Crippen LogP contribution in [-0.4, -0.2) is 24.0 Å². The van der Waals surface area contributed by atoms with Gasteiger partial charge < -0.3 is 9.47 Å². The second-order valence-electron chi connectivity index (χ2n) is 3.47. The average molecular weight is 297 g/mol. The molecule has 1 aromatic heterocycles. The first-order valence-corrected chi connectivity index (χ1v) is 5.92. The molecule has 0 aliphatic heterocycles. The molecule has 0 atom stereocenters. The van der Waals surface area contributed by atoms with Crippen LogP contribution in [0.25, 0.3) is 0 Å². The van der Waals surface area contributed by atoms with Crippen LogP contribution in [-0.2, 0) is 6.54 Å². The van der Waals surface area contributed by atoms with Gasteiger partial charge >= 0.3 is 0 Å². The van der Waals surface area contributed by atoms with Gasteiger partial charge in [-0.2, -0.15) is 5.10 Å². The quantitative estimate of drug-likeness (QED) is 0.870. The zero-order chi connectivity index (χ0) is 12.3. The first-order valence-electron chi connectivity index (χ1n) is 5.13. The van der Waals surface area contributed by atoms with Crippen LogP contribution in [0.15, 0.2) is 35.1 Å². The van der Waals surface area contributed by atoms with Gasteiger partial charge in [-0.25, -0.2) is 4.68 Å². The number of methoxy groups -OCH3 is 2. The maximum Gasteiger partial charge on any atom is 0.171 e. The van der Waals surface area contributed by atoms with Crippen LogP contribution in [0.2, 0.25) is 0 Å². The SMILES string of the molecule is COc1ccccc1Cn1ncc(OC)c1Br. The summed E-state index contributed by atoms with van der Waals surface area (Å²) in [5.74, 6) is 1.58. The summed E-state index contributed by atoms with van der Waals surface area (Å²) < 4.78 is 13.1. The summed E-state index contributed by atoms with van der Waals surface area (Å²) >= 11 is 3.45. The Labute approximate surface area is 108 Å². The number of hydrogen-bond acceptors (Lipinski definition) is 3. The lowest BCUT2D eigenvalue weighted by molar-refractivity contribution is 0.405. The van der Waals surface area contributed by atoms with Gasteiger partial charge in [-0.05, 0) is 22.0 Å². The number of rotatable bonds is 4. The topological polar surface area (TPSA) is 36.3 Å². The molecular weight excluding hydrogens is 284 g/mol. The summed E-state index contributed by atoms with van der Waals surface area (Å²) in [6, 6.07) is 7.87. The zero-order valence-corrected chi connectivity index (χ0v) is 11.3. The summed E-state index contributed by atoms with van der Waals surface area (Å²) in [6.07, 6.45) is 1.68. The van der Waals surface area contributed by atoms with E-state index in [1.165, 1.54) is 0 Å². The molecule has 0 fully saturated rings. The summed E-state index contributed by atoms with van der Waals surface area (Å²) in [7, 11) is 3.28. The van der Waals surface area contributed by atoms with Gasteiger partial charge in [-0.1, -0.05) is 18.2 Å². The number of hydrogen-bond donors (Lipinski definition) is 0. The van der Waals surface area contributed by atoms with Crippen LogP contribution in [0.1, 0.15) is 5.56 Å². The minimum Gasteiger partial charge on any atom is -0.496 e. The lowest BCUT2D eigenvalue weighted by Crippen LogP contribution is -2.03. The van der Waals surface area contributed by atoms with Gasteiger partial charge in [0.05, 0.1) is 27.0 Å². The number of para-hydroxylation sites is 1. The van der Waals surface area contributed by atoms with Crippen LogP contribution < -0.4 is 9.47 Å². The van der Waals surface area contributed by atoms with E-state index in [2.05, 4.69) is 21.0 Å². The first-order chi connectivity index (χ1) is 8.26. The minimum atomic E-state index is 0.633. The molecule has 0 N–H and O–H groups in total. The zero-order valence-electron chi connectivity index (χ0n) is 9.68. The Hall–Kier alpha value is -1.49. The molecule has 5 heteroatoms. The van der Waals surface area contributed by atoms with Crippen LogP contribution in [0, 0.1) is 0 Å². The largest absolute Gasteiger partial charge is 0.496 e. The Balaban J connectivity index is 2.28. The highest BCUT2D eigenvalue weighted by Gasteiger charge is 2.10. The van der Waals surface area contributed by atoms with E-state index in [1.54, 1.807) is 20.4 Å². The number of benzene rings is 1. The Bertz CT molecular complexity index is 511. The van der Waals surface area contributed by atoms with Crippen LogP contribution in [0.4, 0.5) is 0 Å². The lowest BCUT2D eigenvalue weighted by Gasteiger charge is -2.09. The van der Waals surface area contributed by atoms with Crippen LogP contribution in [0.5, 0.6) is 11.5 Å². The van der Waals surface area contributed by atoms with Crippen LogP contribution >= 0.6 is 15.9 Å². The molecule has 0 unspecified atom stereocenters. The third kappa shape index (κ3) is 2.44. The Morgan fingerprint density at radius 3 is 2.53 bits per heavy atom. The average Bonchev–Trinajstić information content (AvgIpc) is 2.71. The predicted octanol–water partition coefficient (Wildman–Crippen LogP) is 2.71. The molecule has 17 heavy (non-hydrogen) atoms. The van der Waals surface area contributed by atoms with Crippen molar-refractivity contribution in [2.45, 2.75) is 6.54 Å². The molecule has 0 saturated heterocycles. The molecule has 90 valence electrons. The van der Waals surface area contributed by atoms with Gasteiger partial charge in [0, 0.05) is 5.56 Å². The van der Waals surface area contributed by atoms with Gasteiger partial charge in [0.1, 0.15) is 10.4 Å². The summed E-state index contributed by atoms with van der Waals surface area (Å²) in [5.41, 5.74) is 1.07. The molecule has 0 saturated carbocycles. The number of aromatic nitrogens is 2. The molecule has 2 aromatic rings.